The van der Waals surface area contributed by atoms with Gasteiger partial charge in [-0.3, -0.25) is 10.1 Å². The van der Waals surface area contributed by atoms with Crippen LogP contribution in [-0.2, 0) is 0 Å². The molecule has 0 atom stereocenters. The van der Waals surface area contributed by atoms with Crippen molar-refractivity contribution >= 4 is 23.5 Å². The average molecular weight is 187 g/mol. The van der Waals surface area contributed by atoms with Gasteiger partial charge in [-0.1, -0.05) is 0 Å². The molecule has 0 aromatic carbocycles. The van der Waals surface area contributed by atoms with Crippen molar-refractivity contribution in [3.63, 3.8) is 0 Å². The van der Waals surface area contributed by atoms with Crippen molar-refractivity contribution in [2.24, 2.45) is 9.54 Å². The van der Waals surface area contributed by atoms with E-state index in [4.69, 9.17) is 5.14 Å². The maximum atomic E-state index is 5.21. The minimum Gasteiger partial charge on any atom is -0.258 e. The Morgan fingerprint density at radius 1 is 1.64 bits per heavy atom. The Labute approximate surface area is 73.7 Å². The van der Waals surface area contributed by atoms with Crippen LogP contribution >= 0.6 is 23.5 Å². The molecule has 1 aromatic rings. The van der Waals surface area contributed by atoms with Gasteiger partial charge < -0.3 is 0 Å². The van der Waals surface area contributed by atoms with E-state index in [0.29, 0.717) is 0 Å². The summed E-state index contributed by atoms with van der Waals surface area (Å²) in [6, 6.07) is 0. The van der Waals surface area contributed by atoms with Crippen molar-refractivity contribution in [3.05, 3.63) is 21.4 Å². The molecule has 0 unspecified atom stereocenters. The topological polar surface area (TPSA) is 51.3 Å². The molecule has 0 fully saturated rings. The van der Waals surface area contributed by atoms with E-state index in [2.05, 4.69) is 9.38 Å². The van der Waals surface area contributed by atoms with Crippen LogP contribution in [0, 0.1) is 13.8 Å². The van der Waals surface area contributed by atoms with Crippen molar-refractivity contribution in [2.75, 3.05) is 0 Å². The zero-order valence-electron chi connectivity index (χ0n) is 6.37. The summed E-state index contributed by atoms with van der Waals surface area (Å²) in [5.41, 5.74) is 0.929. The van der Waals surface area contributed by atoms with Gasteiger partial charge in [0.2, 0.25) is 0 Å². The Hall–Kier alpha value is -0.390. The van der Waals surface area contributed by atoms with Crippen LogP contribution in [-0.4, -0.2) is 4.98 Å². The second-order valence-electron chi connectivity index (χ2n) is 2.06. The molecular weight excluding hydrogens is 178 g/mol. The molecule has 0 aliphatic carbocycles. The van der Waals surface area contributed by atoms with Gasteiger partial charge in [0.15, 0.2) is 0 Å². The van der Waals surface area contributed by atoms with Crippen LogP contribution in [0.1, 0.15) is 10.6 Å². The number of nitrogens with zero attached hydrogens (tertiary/aromatic N) is 2. The summed E-state index contributed by atoms with van der Waals surface area (Å²) in [6.07, 6.45) is 1.83. The first kappa shape index (κ1) is 8.70. The van der Waals surface area contributed by atoms with Crippen LogP contribution in [0.15, 0.2) is 10.6 Å². The Bertz CT molecular complexity index is 305. The van der Waals surface area contributed by atoms with Gasteiger partial charge in [0, 0.05) is 11.1 Å². The maximum absolute atomic E-state index is 5.21. The van der Waals surface area contributed by atoms with Crippen LogP contribution in [0.25, 0.3) is 0 Å². The minimum absolute atomic E-state index is 0.900. The molecule has 0 radical (unpaired) electrons. The molecule has 2 N–H and O–H groups in total. The Kier molecular flexibility index (Phi) is 3.04. The van der Waals surface area contributed by atoms with E-state index >= 15 is 0 Å². The highest BCUT2D eigenvalue weighted by Gasteiger charge is 1.92. The lowest BCUT2D eigenvalue weighted by Crippen LogP contribution is -2.04. The van der Waals surface area contributed by atoms with E-state index in [9.17, 15) is 0 Å². The molecule has 0 aliphatic rings. The highest BCUT2D eigenvalue weighted by atomic mass is 32.2. The van der Waals surface area contributed by atoms with E-state index < -0.39 is 0 Å². The first-order valence-electron chi connectivity index (χ1n) is 3.07. The third-order valence-electron chi connectivity index (χ3n) is 1.14. The molecular formula is C6H9N3S2. The number of hydrogen-bond donors (Lipinski definition) is 1. The molecule has 0 spiro atoms. The molecule has 3 nitrogen and oxygen atoms in total. The molecule has 1 rings (SSSR count). The van der Waals surface area contributed by atoms with Crippen LogP contribution in [0.3, 0.4) is 0 Å². The van der Waals surface area contributed by atoms with Gasteiger partial charge in [-0.05, 0) is 13.8 Å². The predicted octanol–water partition coefficient (Wildman–Crippen LogP) is 1.18. The van der Waals surface area contributed by atoms with E-state index in [1.807, 2.05) is 20.0 Å². The normalized spacial score (nSPS) is 12.1. The highest BCUT2D eigenvalue weighted by Crippen LogP contribution is 1.99. The summed E-state index contributed by atoms with van der Waals surface area (Å²) in [7, 11) is 0. The van der Waals surface area contributed by atoms with Crippen LogP contribution in [0.4, 0.5) is 0 Å². The number of aryl methyl sites for hydroxylation is 2. The predicted molar refractivity (Wildman–Crippen MR) is 48.9 cm³/mol. The summed E-state index contributed by atoms with van der Waals surface area (Å²) in [5, 5.41) is 5.21. The largest absolute Gasteiger partial charge is 0.258 e. The fourth-order valence-electron chi connectivity index (χ4n) is 0.628. The van der Waals surface area contributed by atoms with Gasteiger partial charge in [0.1, 0.15) is 4.67 Å². The van der Waals surface area contributed by atoms with E-state index in [0.717, 1.165) is 27.4 Å². The van der Waals surface area contributed by atoms with Gasteiger partial charge in [0.05, 0.1) is 17.8 Å². The zero-order chi connectivity index (χ0) is 8.27. The number of nitrogens with two attached hydrogens (primary N) is 1. The number of rotatable bonds is 1. The SMILES string of the molecule is Cc1cnc(C)c(=NSN)s1. The first-order chi connectivity index (χ1) is 5.24. The van der Waals surface area contributed by atoms with E-state index in [1.54, 1.807) is 11.3 Å². The van der Waals surface area contributed by atoms with Crippen LogP contribution < -0.4 is 9.81 Å². The number of hydrogen-bond acceptors (Lipinski definition) is 5. The summed E-state index contributed by atoms with van der Waals surface area (Å²) >= 11 is 2.57. The van der Waals surface area contributed by atoms with Gasteiger partial charge in [-0.15, -0.1) is 11.3 Å². The van der Waals surface area contributed by atoms with Crippen molar-refractivity contribution in [3.8, 4) is 0 Å². The molecule has 0 saturated carbocycles. The van der Waals surface area contributed by atoms with Crippen LogP contribution in [0.5, 0.6) is 0 Å². The summed E-state index contributed by atoms with van der Waals surface area (Å²) in [4.78, 5) is 5.29. The molecule has 60 valence electrons. The van der Waals surface area contributed by atoms with Crippen LogP contribution in [0.2, 0.25) is 0 Å². The van der Waals surface area contributed by atoms with Gasteiger partial charge in [0.25, 0.3) is 0 Å². The third kappa shape index (κ3) is 2.28. The number of aromatic nitrogens is 1. The molecule has 0 amide bonds. The van der Waals surface area contributed by atoms with Crippen molar-refractivity contribution in [2.45, 2.75) is 13.8 Å². The standard InChI is InChI=1S/C6H9N3S2/c1-4-3-8-5(2)6(10-4)9-11-7/h3H,7H2,1-2H3. The monoisotopic (exact) mass is 187 g/mol. The lowest BCUT2D eigenvalue weighted by atomic mass is 10.5. The summed E-state index contributed by atoms with van der Waals surface area (Å²) < 4.78 is 4.92. The van der Waals surface area contributed by atoms with Gasteiger partial charge in [-0.2, -0.15) is 4.40 Å². The minimum atomic E-state index is 0.900. The summed E-state index contributed by atoms with van der Waals surface area (Å²) in [5.74, 6) is 0. The quantitative estimate of drug-likeness (QED) is 0.672. The first-order valence-corrected chi connectivity index (χ1v) is 4.72. The Balaban J connectivity index is 3.24. The van der Waals surface area contributed by atoms with E-state index in [1.165, 1.54) is 0 Å². The molecule has 0 saturated heterocycles. The smallest absolute Gasteiger partial charge is 0.147 e. The second-order valence-corrected chi connectivity index (χ2v) is 3.69. The van der Waals surface area contributed by atoms with E-state index in [-0.39, 0.29) is 0 Å². The molecule has 11 heavy (non-hydrogen) atoms. The fourth-order valence-corrected chi connectivity index (χ4v) is 1.75. The summed E-state index contributed by atoms with van der Waals surface area (Å²) in [6.45, 7) is 3.92. The van der Waals surface area contributed by atoms with Gasteiger partial charge >= 0.3 is 0 Å². The molecule has 0 bridgehead atoms. The molecule has 1 aromatic heterocycles. The fraction of sp³-hybridized carbons (Fsp3) is 0.333. The lowest BCUT2D eigenvalue weighted by Gasteiger charge is -1.92. The third-order valence-corrected chi connectivity index (χ3v) is 2.55. The molecule has 5 heteroatoms. The average Bonchev–Trinajstić information content (AvgIpc) is 1.98. The highest BCUT2D eigenvalue weighted by molar-refractivity contribution is 7.95. The Morgan fingerprint density at radius 2 is 2.36 bits per heavy atom. The Morgan fingerprint density at radius 3 is 3.00 bits per heavy atom. The van der Waals surface area contributed by atoms with Crippen molar-refractivity contribution < 1.29 is 0 Å². The molecule has 0 aliphatic heterocycles. The van der Waals surface area contributed by atoms with Crippen molar-refractivity contribution in [1.29, 1.82) is 0 Å². The van der Waals surface area contributed by atoms with Crippen molar-refractivity contribution in [1.82, 2.24) is 4.98 Å². The van der Waals surface area contributed by atoms with Gasteiger partial charge in [-0.25, -0.2) is 0 Å². The second kappa shape index (κ2) is 3.85. The molecule has 1 heterocycles. The zero-order valence-corrected chi connectivity index (χ0v) is 8.00. The maximum Gasteiger partial charge on any atom is 0.147 e. The lowest BCUT2D eigenvalue weighted by molar-refractivity contribution is 1.17.